The first-order valence-electron chi connectivity index (χ1n) is 4.89. The number of aryl methyl sites for hydroxylation is 2. The number of carbonyl (C=O) groups excluding carboxylic acids is 1. The Balaban J connectivity index is 2.82. The fourth-order valence-corrected chi connectivity index (χ4v) is 1.25. The lowest BCUT2D eigenvalue weighted by atomic mass is 10.1. The summed E-state index contributed by atoms with van der Waals surface area (Å²) in [5.74, 6) is -0.145. The number of hydrogen-bond donors (Lipinski definition) is 2. The molecule has 0 fully saturated rings. The number of aromatic nitrogens is 2. The SMILES string of the molecule is Cc1cc(C(=O)NC(C)(C)CN)n(C)n1. The molecule has 1 heterocycles. The van der Waals surface area contributed by atoms with Gasteiger partial charge in [-0.1, -0.05) is 0 Å². The maximum Gasteiger partial charge on any atom is 0.270 e. The Kier molecular flexibility index (Phi) is 3.14. The van der Waals surface area contributed by atoms with Crippen molar-refractivity contribution in [3.05, 3.63) is 17.5 Å². The van der Waals surface area contributed by atoms with E-state index in [1.807, 2.05) is 20.8 Å². The number of nitrogens with two attached hydrogens (primary N) is 1. The minimum atomic E-state index is -0.394. The van der Waals surface area contributed by atoms with E-state index in [1.165, 1.54) is 0 Å². The third kappa shape index (κ3) is 2.79. The molecule has 1 aromatic rings. The highest BCUT2D eigenvalue weighted by molar-refractivity contribution is 5.93. The summed E-state index contributed by atoms with van der Waals surface area (Å²) in [6.07, 6.45) is 0. The van der Waals surface area contributed by atoms with Crippen molar-refractivity contribution in [1.29, 1.82) is 0 Å². The van der Waals surface area contributed by atoms with Crippen molar-refractivity contribution in [1.82, 2.24) is 15.1 Å². The summed E-state index contributed by atoms with van der Waals surface area (Å²) in [5, 5.41) is 6.96. The highest BCUT2D eigenvalue weighted by Crippen LogP contribution is 2.05. The molecular formula is C10H18N4O. The van der Waals surface area contributed by atoms with Gasteiger partial charge in [-0.2, -0.15) is 5.10 Å². The molecule has 5 nitrogen and oxygen atoms in total. The van der Waals surface area contributed by atoms with Crippen molar-refractivity contribution in [3.63, 3.8) is 0 Å². The number of rotatable bonds is 3. The van der Waals surface area contributed by atoms with Crippen LogP contribution in [0.25, 0.3) is 0 Å². The molecule has 0 atom stereocenters. The van der Waals surface area contributed by atoms with Crippen LogP contribution in [0, 0.1) is 6.92 Å². The predicted octanol–water partition coefficient (Wildman–Crippen LogP) is 0.196. The summed E-state index contributed by atoms with van der Waals surface area (Å²) >= 11 is 0. The molecule has 5 heteroatoms. The molecule has 84 valence electrons. The number of amides is 1. The Hall–Kier alpha value is -1.36. The van der Waals surface area contributed by atoms with Gasteiger partial charge in [-0.3, -0.25) is 9.48 Å². The Morgan fingerprint density at radius 1 is 1.67 bits per heavy atom. The van der Waals surface area contributed by atoms with Crippen LogP contribution in [-0.2, 0) is 7.05 Å². The second kappa shape index (κ2) is 4.02. The molecule has 3 N–H and O–H groups in total. The number of nitrogens with one attached hydrogen (secondary N) is 1. The van der Waals surface area contributed by atoms with Gasteiger partial charge < -0.3 is 11.1 Å². The molecule has 15 heavy (non-hydrogen) atoms. The van der Waals surface area contributed by atoms with Crippen molar-refractivity contribution in [3.8, 4) is 0 Å². The highest BCUT2D eigenvalue weighted by Gasteiger charge is 2.21. The lowest BCUT2D eigenvalue weighted by molar-refractivity contribution is 0.0906. The second-order valence-electron chi connectivity index (χ2n) is 4.34. The molecule has 1 rings (SSSR count). The largest absolute Gasteiger partial charge is 0.345 e. The van der Waals surface area contributed by atoms with Crippen molar-refractivity contribution in [2.75, 3.05) is 6.54 Å². The maximum absolute atomic E-state index is 11.8. The van der Waals surface area contributed by atoms with Crippen LogP contribution in [0.5, 0.6) is 0 Å². The van der Waals surface area contributed by atoms with E-state index < -0.39 is 5.54 Å². The Morgan fingerprint density at radius 3 is 2.67 bits per heavy atom. The Labute approximate surface area is 89.6 Å². The summed E-state index contributed by atoms with van der Waals surface area (Å²) in [7, 11) is 1.75. The summed E-state index contributed by atoms with van der Waals surface area (Å²) in [6, 6.07) is 1.75. The Bertz CT molecular complexity index is 367. The van der Waals surface area contributed by atoms with Crippen LogP contribution in [0.2, 0.25) is 0 Å². The van der Waals surface area contributed by atoms with Crippen LogP contribution < -0.4 is 11.1 Å². The van der Waals surface area contributed by atoms with E-state index in [0.717, 1.165) is 5.69 Å². The number of hydrogen-bond acceptors (Lipinski definition) is 3. The van der Waals surface area contributed by atoms with E-state index in [2.05, 4.69) is 10.4 Å². The Morgan fingerprint density at radius 2 is 2.27 bits per heavy atom. The first-order chi connectivity index (χ1) is 6.85. The van der Waals surface area contributed by atoms with E-state index in [-0.39, 0.29) is 5.91 Å². The zero-order valence-corrected chi connectivity index (χ0v) is 9.66. The van der Waals surface area contributed by atoms with Crippen LogP contribution in [0.15, 0.2) is 6.07 Å². The van der Waals surface area contributed by atoms with Crippen LogP contribution in [0.1, 0.15) is 30.0 Å². The number of carbonyl (C=O) groups is 1. The molecule has 0 aliphatic heterocycles. The van der Waals surface area contributed by atoms with Gasteiger partial charge in [0.15, 0.2) is 0 Å². The van der Waals surface area contributed by atoms with Crippen molar-refractivity contribution >= 4 is 5.91 Å². The average Bonchev–Trinajstić information content (AvgIpc) is 2.45. The van der Waals surface area contributed by atoms with Gasteiger partial charge in [0.05, 0.1) is 5.69 Å². The third-order valence-corrected chi connectivity index (χ3v) is 2.20. The minimum absolute atomic E-state index is 0.145. The van der Waals surface area contributed by atoms with Gasteiger partial charge in [-0.15, -0.1) is 0 Å². The topological polar surface area (TPSA) is 72.9 Å². The molecule has 1 amide bonds. The molecule has 0 bridgehead atoms. The lowest BCUT2D eigenvalue weighted by Gasteiger charge is -2.23. The van der Waals surface area contributed by atoms with Crippen molar-refractivity contribution in [2.24, 2.45) is 12.8 Å². The average molecular weight is 210 g/mol. The van der Waals surface area contributed by atoms with E-state index in [1.54, 1.807) is 17.8 Å². The molecule has 0 aromatic carbocycles. The summed E-state index contributed by atoms with van der Waals surface area (Å²) < 4.78 is 1.57. The van der Waals surface area contributed by atoms with E-state index >= 15 is 0 Å². The quantitative estimate of drug-likeness (QED) is 0.748. The molecule has 0 radical (unpaired) electrons. The van der Waals surface area contributed by atoms with Crippen LogP contribution in [-0.4, -0.2) is 27.8 Å². The van der Waals surface area contributed by atoms with Gasteiger partial charge in [0.1, 0.15) is 5.69 Å². The van der Waals surface area contributed by atoms with Crippen molar-refractivity contribution in [2.45, 2.75) is 26.3 Å². The van der Waals surface area contributed by atoms with Crippen LogP contribution in [0.3, 0.4) is 0 Å². The first kappa shape index (κ1) is 11.7. The predicted molar refractivity (Wildman–Crippen MR) is 58.5 cm³/mol. The van der Waals surface area contributed by atoms with Crippen LogP contribution >= 0.6 is 0 Å². The molecule has 0 spiro atoms. The molecule has 0 saturated carbocycles. The standard InChI is InChI=1S/C10H18N4O/c1-7-5-8(14(4)13-7)9(15)12-10(2,3)6-11/h5H,6,11H2,1-4H3,(H,12,15). The fourth-order valence-electron chi connectivity index (χ4n) is 1.25. The second-order valence-corrected chi connectivity index (χ2v) is 4.34. The monoisotopic (exact) mass is 210 g/mol. The fraction of sp³-hybridized carbons (Fsp3) is 0.600. The van der Waals surface area contributed by atoms with Gasteiger partial charge in [-0.25, -0.2) is 0 Å². The zero-order valence-electron chi connectivity index (χ0n) is 9.66. The molecule has 0 saturated heterocycles. The van der Waals surface area contributed by atoms with Gasteiger partial charge in [0.2, 0.25) is 0 Å². The normalized spacial score (nSPS) is 11.5. The van der Waals surface area contributed by atoms with Gasteiger partial charge in [0.25, 0.3) is 5.91 Å². The smallest absolute Gasteiger partial charge is 0.270 e. The third-order valence-electron chi connectivity index (χ3n) is 2.20. The van der Waals surface area contributed by atoms with Gasteiger partial charge in [-0.05, 0) is 26.8 Å². The van der Waals surface area contributed by atoms with E-state index in [9.17, 15) is 4.79 Å². The highest BCUT2D eigenvalue weighted by atomic mass is 16.2. The van der Waals surface area contributed by atoms with Crippen molar-refractivity contribution < 1.29 is 4.79 Å². The summed E-state index contributed by atoms with van der Waals surface area (Å²) in [5.41, 5.74) is 6.52. The molecule has 0 aliphatic carbocycles. The number of nitrogens with zero attached hydrogens (tertiary/aromatic N) is 2. The lowest BCUT2D eigenvalue weighted by Crippen LogP contribution is -2.49. The summed E-state index contributed by atoms with van der Waals surface area (Å²) in [6.45, 7) is 6.02. The molecule has 0 unspecified atom stereocenters. The molecular weight excluding hydrogens is 192 g/mol. The summed E-state index contributed by atoms with van der Waals surface area (Å²) in [4.78, 5) is 11.8. The zero-order chi connectivity index (χ0) is 11.6. The van der Waals surface area contributed by atoms with Crippen LogP contribution in [0.4, 0.5) is 0 Å². The first-order valence-corrected chi connectivity index (χ1v) is 4.89. The molecule has 1 aromatic heterocycles. The van der Waals surface area contributed by atoms with E-state index in [0.29, 0.717) is 12.2 Å². The molecule has 0 aliphatic rings. The van der Waals surface area contributed by atoms with Gasteiger partial charge >= 0.3 is 0 Å². The van der Waals surface area contributed by atoms with E-state index in [4.69, 9.17) is 5.73 Å². The maximum atomic E-state index is 11.8. The minimum Gasteiger partial charge on any atom is -0.345 e. The van der Waals surface area contributed by atoms with Gasteiger partial charge in [0, 0.05) is 19.1 Å².